The summed E-state index contributed by atoms with van der Waals surface area (Å²) in [6, 6.07) is 8.33. The van der Waals surface area contributed by atoms with E-state index >= 15 is 0 Å². The number of nitrogens with one attached hydrogen (secondary N) is 1. The number of carbonyl (C=O) groups excluding carboxylic acids is 2. The Labute approximate surface area is 170 Å². The van der Waals surface area contributed by atoms with Crippen molar-refractivity contribution in [1.29, 1.82) is 0 Å². The highest BCUT2D eigenvalue weighted by molar-refractivity contribution is 5.99. The number of aromatic nitrogens is 1. The van der Waals surface area contributed by atoms with Gasteiger partial charge in [-0.3, -0.25) is 4.79 Å². The Hall–Kier alpha value is -2.67. The van der Waals surface area contributed by atoms with E-state index in [1.54, 1.807) is 24.0 Å². The normalized spacial score (nSPS) is 14.8. The molecule has 1 aromatic carbocycles. The monoisotopic (exact) mass is 401 g/mol. The van der Waals surface area contributed by atoms with Crippen molar-refractivity contribution in [3.05, 3.63) is 53.1 Å². The van der Waals surface area contributed by atoms with Gasteiger partial charge in [-0.25, -0.2) is 9.18 Å². The first-order valence-electron chi connectivity index (χ1n) is 10.0. The van der Waals surface area contributed by atoms with Crippen LogP contribution in [0.1, 0.15) is 41.5 Å². The second-order valence-electron chi connectivity index (χ2n) is 7.36. The highest BCUT2D eigenvalue weighted by Gasteiger charge is 2.24. The van der Waals surface area contributed by atoms with Crippen LogP contribution in [0.15, 0.2) is 30.3 Å². The van der Waals surface area contributed by atoms with Crippen molar-refractivity contribution in [3.8, 4) is 5.69 Å². The molecular formula is C22H28FN3O3. The molecule has 1 aromatic heterocycles. The lowest BCUT2D eigenvalue weighted by Gasteiger charge is -2.31. The van der Waals surface area contributed by atoms with E-state index in [0.29, 0.717) is 25.3 Å². The fourth-order valence-corrected chi connectivity index (χ4v) is 3.85. The number of ether oxygens (including phenoxy) is 1. The van der Waals surface area contributed by atoms with Crippen LogP contribution in [0.25, 0.3) is 5.69 Å². The van der Waals surface area contributed by atoms with E-state index in [9.17, 15) is 14.0 Å². The zero-order valence-corrected chi connectivity index (χ0v) is 17.2. The second kappa shape index (κ2) is 9.22. The topological polar surface area (TPSA) is 63.6 Å². The van der Waals surface area contributed by atoms with E-state index in [4.69, 9.17) is 4.74 Å². The number of aryl methyl sites for hydroxylation is 1. The van der Waals surface area contributed by atoms with Crippen molar-refractivity contribution in [2.24, 2.45) is 0 Å². The third kappa shape index (κ3) is 4.85. The van der Waals surface area contributed by atoms with Crippen molar-refractivity contribution in [1.82, 2.24) is 14.8 Å². The molecule has 29 heavy (non-hydrogen) atoms. The van der Waals surface area contributed by atoms with Gasteiger partial charge >= 0.3 is 6.09 Å². The number of carbonyl (C=O) groups is 2. The number of benzene rings is 1. The summed E-state index contributed by atoms with van der Waals surface area (Å²) >= 11 is 0. The molecule has 1 saturated heterocycles. The molecule has 1 aliphatic rings. The number of hydrogen-bond acceptors (Lipinski definition) is 4. The summed E-state index contributed by atoms with van der Waals surface area (Å²) in [7, 11) is 0. The lowest BCUT2D eigenvalue weighted by Crippen LogP contribution is -2.46. The summed E-state index contributed by atoms with van der Waals surface area (Å²) in [4.78, 5) is 26.3. The molecule has 2 heterocycles. The van der Waals surface area contributed by atoms with Crippen LogP contribution < -0.4 is 5.32 Å². The van der Waals surface area contributed by atoms with E-state index in [2.05, 4.69) is 5.32 Å². The first-order chi connectivity index (χ1) is 13.9. The van der Waals surface area contributed by atoms with Gasteiger partial charge in [0.15, 0.2) is 5.78 Å². The van der Waals surface area contributed by atoms with E-state index in [0.717, 1.165) is 29.9 Å². The third-order valence-electron chi connectivity index (χ3n) is 5.39. The maximum Gasteiger partial charge on any atom is 0.409 e. The van der Waals surface area contributed by atoms with Gasteiger partial charge in [-0.2, -0.15) is 0 Å². The minimum Gasteiger partial charge on any atom is -0.450 e. The summed E-state index contributed by atoms with van der Waals surface area (Å²) in [5.41, 5.74) is 3.28. The minimum absolute atomic E-state index is 0.0271. The number of amides is 1. The predicted octanol–water partition coefficient (Wildman–Crippen LogP) is 3.63. The van der Waals surface area contributed by atoms with Gasteiger partial charge in [-0.05, 0) is 63.9 Å². The Balaban J connectivity index is 1.59. The van der Waals surface area contributed by atoms with Gasteiger partial charge in [0.05, 0.1) is 13.2 Å². The lowest BCUT2D eigenvalue weighted by molar-refractivity contribution is 0.0913. The number of hydrogen-bond donors (Lipinski definition) is 1. The highest BCUT2D eigenvalue weighted by atomic mass is 19.1. The number of rotatable bonds is 6. The van der Waals surface area contributed by atoms with Crippen LogP contribution in [0.5, 0.6) is 0 Å². The first-order valence-corrected chi connectivity index (χ1v) is 10.0. The zero-order valence-electron chi connectivity index (χ0n) is 17.2. The van der Waals surface area contributed by atoms with E-state index in [1.165, 1.54) is 12.1 Å². The Bertz CT molecular complexity index is 868. The van der Waals surface area contributed by atoms with Crippen molar-refractivity contribution in [2.45, 2.75) is 39.7 Å². The second-order valence-corrected chi connectivity index (χ2v) is 7.36. The molecule has 0 atom stereocenters. The fraction of sp³-hybridized carbons (Fsp3) is 0.455. The SMILES string of the molecule is CCOC(=O)N1CCC(NCC(=O)c2cc(C)n(-c3ccc(F)cc3)c2C)CC1. The number of piperidine rings is 1. The van der Waals surface area contributed by atoms with Crippen LogP contribution in [0.4, 0.5) is 9.18 Å². The molecule has 6 nitrogen and oxygen atoms in total. The van der Waals surface area contributed by atoms with Crippen molar-refractivity contribution in [2.75, 3.05) is 26.2 Å². The lowest BCUT2D eigenvalue weighted by atomic mass is 10.0. The molecule has 0 bridgehead atoms. The van der Waals surface area contributed by atoms with Gasteiger partial charge in [0, 0.05) is 41.8 Å². The number of halogens is 1. The fourth-order valence-electron chi connectivity index (χ4n) is 3.85. The minimum atomic E-state index is -0.286. The molecule has 0 radical (unpaired) electrons. The van der Waals surface area contributed by atoms with Gasteiger partial charge in [0.1, 0.15) is 5.82 Å². The van der Waals surface area contributed by atoms with Crippen LogP contribution in [0.2, 0.25) is 0 Å². The molecular weight excluding hydrogens is 373 g/mol. The Morgan fingerprint density at radius 2 is 1.83 bits per heavy atom. The van der Waals surface area contributed by atoms with Gasteiger partial charge in [0.2, 0.25) is 0 Å². The predicted molar refractivity (Wildman–Crippen MR) is 109 cm³/mol. The van der Waals surface area contributed by atoms with Crippen LogP contribution in [0, 0.1) is 19.7 Å². The van der Waals surface area contributed by atoms with Crippen LogP contribution in [0.3, 0.4) is 0 Å². The molecule has 0 spiro atoms. The highest BCUT2D eigenvalue weighted by Crippen LogP contribution is 2.21. The number of nitrogens with zero attached hydrogens (tertiary/aromatic N) is 2. The van der Waals surface area contributed by atoms with E-state index in [1.807, 2.05) is 24.5 Å². The molecule has 1 aliphatic heterocycles. The molecule has 1 amide bonds. The average Bonchev–Trinajstić information content (AvgIpc) is 3.01. The molecule has 156 valence electrons. The maximum absolute atomic E-state index is 13.2. The summed E-state index contributed by atoms with van der Waals surface area (Å²) in [6.45, 7) is 7.52. The van der Waals surface area contributed by atoms with Gasteiger partial charge in [-0.15, -0.1) is 0 Å². The molecule has 3 rings (SSSR count). The van der Waals surface area contributed by atoms with Gasteiger partial charge in [0.25, 0.3) is 0 Å². The van der Waals surface area contributed by atoms with Gasteiger partial charge < -0.3 is 19.5 Å². The average molecular weight is 401 g/mol. The number of ketones is 1. The van der Waals surface area contributed by atoms with E-state index < -0.39 is 0 Å². The molecule has 1 fully saturated rings. The molecule has 0 aliphatic carbocycles. The third-order valence-corrected chi connectivity index (χ3v) is 5.39. The zero-order chi connectivity index (χ0) is 21.0. The van der Waals surface area contributed by atoms with Crippen LogP contribution in [-0.4, -0.2) is 53.6 Å². The quantitative estimate of drug-likeness (QED) is 0.751. The molecule has 2 aromatic rings. The molecule has 1 N–H and O–H groups in total. The van der Waals surface area contributed by atoms with Gasteiger partial charge in [-0.1, -0.05) is 0 Å². The molecule has 0 unspecified atom stereocenters. The largest absolute Gasteiger partial charge is 0.450 e. The summed E-state index contributed by atoms with van der Waals surface area (Å²) in [5.74, 6) is -0.259. The molecule has 7 heteroatoms. The Morgan fingerprint density at radius 3 is 2.45 bits per heavy atom. The Kier molecular flexibility index (Phi) is 6.69. The number of likely N-dealkylation sites (tertiary alicyclic amines) is 1. The Morgan fingerprint density at radius 1 is 1.17 bits per heavy atom. The summed E-state index contributed by atoms with van der Waals surface area (Å²) < 4.78 is 20.2. The maximum atomic E-state index is 13.2. The standard InChI is InChI=1S/C22H28FN3O3/c1-4-29-22(28)25-11-9-18(10-12-25)24-14-21(27)20-13-15(2)26(16(20)3)19-7-5-17(23)6-8-19/h5-8,13,18,24H,4,9-12,14H2,1-3H3. The van der Waals surface area contributed by atoms with Crippen LogP contribution in [-0.2, 0) is 4.74 Å². The number of Topliss-reactive ketones (excluding diaryl/α,β-unsaturated/α-hetero) is 1. The smallest absolute Gasteiger partial charge is 0.409 e. The summed E-state index contributed by atoms with van der Waals surface area (Å²) in [5, 5.41) is 3.33. The van der Waals surface area contributed by atoms with Crippen molar-refractivity contribution < 1.29 is 18.7 Å². The van der Waals surface area contributed by atoms with Crippen molar-refractivity contribution >= 4 is 11.9 Å². The first kappa shape index (κ1) is 21.0. The van der Waals surface area contributed by atoms with E-state index in [-0.39, 0.29) is 30.3 Å². The van der Waals surface area contributed by atoms with Crippen molar-refractivity contribution in [3.63, 3.8) is 0 Å². The summed E-state index contributed by atoms with van der Waals surface area (Å²) in [6.07, 6.45) is 1.32. The van der Waals surface area contributed by atoms with Crippen LogP contribution >= 0.6 is 0 Å². The molecule has 0 saturated carbocycles.